The first-order chi connectivity index (χ1) is 19.2. The summed E-state index contributed by atoms with van der Waals surface area (Å²) in [4.78, 5) is 50.2. The number of rotatable bonds is 16. The highest BCUT2D eigenvalue weighted by atomic mass is 35.5. The van der Waals surface area contributed by atoms with Crippen LogP contribution in [0, 0.1) is 11.7 Å². The maximum Gasteiger partial charge on any atom is 0.305 e. The molecule has 13 heteroatoms. The van der Waals surface area contributed by atoms with E-state index in [9.17, 15) is 37.1 Å². The zero-order valence-electron chi connectivity index (χ0n) is 23.0. The predicted octanol–water partition coefficient (Wildman–Crippen LogP) is 3.81. The molecule has 0 aliphatic carbocycles. The number of amides is 2. The normalized spacial score (nSPS) is 12.9. The minimum Gasteiger partial charge on any atom is -0.481 e. The van der Waals surface area contributed by atoms with Gasteiger partial charge in [0.15, 0.2) is 15.6 Å². The SMILES string of the molecule is CCCS(=O)(=O)c1cccc(CC(=O)N[C@H](C(=O)NC(CC(=O)O)C(=O)CSCc2c(F)cccc2Cl)C(C)C)c1. The van der Waals surface area contributed by atoms with Crippen LogP contribution in [0.15, 0.2) is 47.4 Å². The summed E-state index contributed by atoms with van der Waals surface area (Å²) in [7, 11) is -3.48. The molecule has 0 aromatic heterocycles. The number of thioether (sulfide) groups is 1. The summed E-state index contributed by atoms with van der Waals surface area (Å²) in [5.41, 5.74) is 0.648. The molecule has 9 nitrogen and oxygen atoms in total. The first kappa shape index (κ1) is 34.2. The molecule has 0 radical (unpaired) electrons. The molecule has 2 atom stereocenters. The van der Waals surface area contributed by atoms with Crippen LogP contribution in [-0.2, 0) is 41.2 Å². The van der Waals surface area contributed by atoms with Crippen molar-refractivity contribution in [2.75, 3.05) is 11.5 Å². The number of carbonyl (C=O) groups is 4. The third kappa shape index (κ3) is 10.8. The smallest absolute Gasteiger partial charge is 0.305 e. The second-order valence-corrected chi connectivity index (χ2v) is 13.3. The second kappa shape index (κ2) is 15.9. The van der Waals surface area contributed by atoms with Crippen molar-refractivity contribution in [1.29, 1.82) is 0 Å². The van der Waals surface area contributed by atoms with Crippen molar-refractivity contribution in [3.63, 3.8) is 0 Å². The molecular formula is C28H34ClFN2O7S2. The Balaban J connectivity index is 2.07. The van der Waals surface area contributed by atoms with Crippen LogP contribution in [0.25, 0.3) is 0 Å². The molecule has 2 amide bonds. The second-order valence-electron chi connectivity index (χ2n) is 9.75. The number of ketones is 1. The molecule has 2 aromatic carbocycles. The molecule has 0 spiro atoms. The van der Waals surface area contributed by atoms with Crippen molar-refractivity contribution in [1.82, 2.24) is 10.6 Å². The number of carbonyl (C=O) groups excluding carboxylic acids is 3. The van der Waals surface area contributed by atoms with Crippen molar-refractivity contribution in [3.8, 4) is 0 Å². The fraction of sp³-hybridized carbons (Fsp3) is 0.429. The van der Waals surface area contributed by atoms with E-state index in [0.29, 0.717) is 12.0 Å². The number of aliphatic carboxylic acids is 1. The zero-order chi connectivity index (χ0) is 30.7. The zero-order valence-corrected chi connectivity index (χ0v) is 25.4. The highest BCUT2D eigenvalue weighted by Crippen LogP contribution is 2.24. The Bertz CT molecular complexity index is 1350. The standard InChI is InChI=1S/C28H34ClFN2O7S2/c1-4-11-41(38,39)19-8-5-7-18(12-19)13-25(34)32-27(17(2)3)28(37)31-23(14-26(35)36)24(33)16-40-15-20-21(29)9-6-10-22(20)30/h5-10,12,17,23,27H,4,11,13-16H2,1-3H3,(H,31,37)(H,32,34)(H,35,36)/t23?,27-/m0/s1. The van der Waals surface area contributed by atoms with Crippen LogP contribution in [0.3, 0.4) is 0 Å². The van der Waals surface area contributed by atoms with Gasteiger partial charge in [0.05, 0.1) is 35.3 Å². The fourth-order valence-corrected chi connectivity index (χ4v) is 6.59. The summed E-state index contributed by atoms with van der Waals surface area (Å²) in [6.45, 7) is 5.09. The van der Waals surface area contributed by atoms with Gasteiger partial charge < -0.3 is 15.7 Å². The summed E-state index contributed by atoms with van der Waals surface area (Å²) in [5.74, 6) is -4.31. The van der Waals surface area contributed by atoms with E-state index in [4.69, 9.17) is 11.6 Å². The van der Waals surface area contributed by atoms with Gasteiger partial charge in [-0.15, -0.1) is 11.8 Å². The van der Waals surface area contributed by atoms with Crippen LogP contribution >= 0.6 is 23.4 Å². The van der Waals surface area contributed by atoms with Gasteiger partial charge >= 0.3 is 5.97 Å². The first-order valence-corrected chi connectivity index (χ1v) is 16.1. The van der Waals surface area contributed by atoms with E-state index < -0.39 is 63.6 Å². The van der Waals surface area contributed by atoms with E-state index >= 15 is 0 Å². The van der Waals surface area contributed by atoms with Gasteiger partial charge in [0.1, 0.15) is 11.9 Å². The number of hydrogen-bond acceptors (Lipinski definition) is 7. The third-order valence-corrected chi connectivity index (χ3v) is 9.25. The molecule has 0 fully saturated rings. The van der Waals surface area contributed by atoms with Crippen LogP contribution in [0.5, 0.6) is 0 Å². The minimum atomic E-state index is -3.48. The summed E-state index contributed by atoms with van der Waals surface area (Å²) < 4.78 is 38.8. The van der Waals surface area contributed by atoms with Gasteiger partial charge in [-0.1, -0.05) is 50.6 Å². The van der Waals surface area contributed by atoms with Gasteiger partial charge in [0.2, 0.25) is 11.8 Å². The molecule has 0 aliphatic rings. The fourth-order valence-electron chi connectivity index (χ4n) is 3.89. The van der Waals surface area contributed by atoms with Crippen LogP contribution in [-0.4, -0.2) is 60.7 Å². The number of carboxylic acids is 1. The van der Waals surface area contributed by atoms with Gasteiger partial charge in [-0.05, 0) is 42.2 Å². The van der Waals surface area contributed by atoms with Crippen molar-refractivity contribution < 1.29 is 37.1 Å². The van der Waals surface area contributed by atoms with Crippen molar-refractivity contribution in [2.24, 2.45) is 5.92 Å². The van der Waals surface area contributed by atoms with E-state index in [1.807, 2.05) is 0 Å². The molecule has 2 rings (SSSR count). The van der Waals surface area contributed by atoms with Crippen molar-refractivity contribution in [2.45, 2.75) is 62.8 Å². The Hall–Kier alpha value is -2.96. The number of halogens is 2. The Kier molecular flexibility index (Phi) is 13.3. The molecule has 0 heterocycles. The largest absolute Gasteiger partial charge is 0.481 e. The third-order valence-electron chi connectivity index (χ3n) is 6.00. The molecule has 0 bridgehead atoms. The molecule has 3 N–H and O–H groups in total. The Morgan fingerprint density at radius 3 is 2.37 bits per heavy atom. The van der Waals surface area contributed by atoms with Crippen LogP contribution in [0.4, 0.5) is 4.39 Å². The average Bonchev–Trinajstić information content (AvgIpc) is 2.88. The van der Waals surface area contributed by atoms with Gasteiger partial charge in [-0.2, -0.15) is 0 Å². The molecule has 0 saturated carbocycles. The number of benzene rings is 2. The minimum absolute atomic E-state index is 0.0239. The van der Waals surface area contributed by atoms with E-state index in [1.165, 1.54) is 36.4 Å². The quantitative estimate of drug-likeness (QED) is 0.254. The van der Waals surface area contributed by atoms with Gasteiger partial charge in [0, 0.05) is 16.3 Å². The van der Waals surface area contributed by atoms with Gasteiger partial charge in [0.25, 0.3) is 0 Å². The summed E-state index contributed by atoms with van der Waals surface area (Å²) in [6, 6.07) is 7.76. The van der Waals surface area contributed by atoms with Gasteiger partial charge in [-0.25, -0.2) is 12.8 Å². The van der Waals surface area contributed by atoms with Crippen molar-refractivity contribution in [3.05, 3.63) is 64.4 Å². The molecular weight excluding hydrogens is 595 g/mol. The number of nitrogens with one attached hydrogen (secondary N) is 2. The monoisotopic (exact) mass is 628 g/mol. The van der Waals surface area contributed by atoms with E-state index in [-0.39, 0.29) is 39.2 Å². The molecule has 1 unspecified atom stereocenters. The van der Waals surface area contributed by atoms with Crippen LogP contribution in [0.1, 0.15) is 44.7 Å². The molecule has 0 aliphatic heterocycles. The number of sulfone groups is 1. The lowest BCUT2D eigenvalue weighted by molar-refractivity contribution is -0.140. The number of hydrogen-bond donors (Lipinski definition) is 3. The lowest BCUT2D eigenvalue weighted by atomic mass is 10.0. The summed E-state index contributed by atoms with van der Waals surface area (Å²) in [6.07, 6.45) is -0.426. The highest BCUT2D eigenvalue weighted by Gasteiger charge is 2.30. The summed E-state index contributed by atoms with van der Waals surface area (Å²) >= 11 is 7.04. The Labute approximate surface area is 248 Å². The Morgan fingerprint density at radius 1 is 1.07 bits per heavy atom. The molecule has 41 heavy (non-hydrogen) atoms. The van der Waals surface area contributed by atoms with E-state index in [1.54, 1.807) is 26.8 Å². The lowest BCUT2D eigenvalue weighted by Crippen LogP contribution is -2.54. The van der Waals surface area contributed by atoms with Crippen LogP contribution < -0.4 is 10.6 Å². The van der Waals surface area contributed by atoms with E-state index in [0.717, 1.165) is 11.8 Å². The topological polar surface area (TPSA) is 147 Å². The van der Waals surface area contributed by atoms with Crippen LogP contribution in [0.2, 0.25) is 5.02 Å². The maximum absolute atomic E-state index is 14.0. The highest BCUT2D eigenvalue weighted by molar-refractivity contribution is 7.99. The summed E-state index contributed by atoms with van der Waals surface area (Å²) in [5, 5.41) is 14.5. The Morgan fingerprint density at radius 2 is 1.76 bits per heavy atom. The molecule has 2 aromatic rings. The van der Waals surface area contributed by atoms with E-state index in [2.05, 4.69) is 10.6 Å². The first-order valence-electron chi connectivity index (χ1n) is 12.9. The number of carboxylic acid groups (broad SMARTS) is 1. The lowest BCUT2D eigenvalue weighted by Gasteiger charge is -2.24. The molecule has 224 valence electrons. The van der Waals surface area contributed by atoms with Gasteiger partial charge in [-0.3, -0.25) is 19.2 Å². The average molecular weight is 629 g/mol. The van der Waals surface area contributed by atoms with Crippen molar-refractivity contribution >= 4 is 56.8 Å². The predicted molar refractivity (Wildman–Crippen MR) is 156 cm³/mol. The molecule has 0 saturated heterocycles. The maximum atomic E-state index is 14.0. The number of Topliss-reactive ketones (excluding diaryl/α,β-unsaturated/α-hetero) is 1.